The zero-order chi connectivity index (χ0) is 38.7. The van der Waals surface area contributed by atoms with Crippen molar-refractivity contribution in [2.75, 3.05) is 55.4 Å². The van der Waals surface area contributed by atoms with E-state index in [-0.39, 0.29) is 60.3 Å². The first-order chi connectivity index (χ1) is 27.1. The van der Waals surface area contributed by atoms with E-state index in [0.29, 0.717) is 35.9 Å². The number of amides is 1. The third-order valence-electron chi connectivity index (χ3n) is 10.6. The number of pyridine rings is 1. The van der Waals surface area contributed by atoms with Gasteiger partial charge < -0.3 is 28.8 Å². The standard InChI is InChI=1S/C41H39FN6O6S2/c1-25-43-34-11-7-28(19-35(34)44-25)48(23-26-3-8-29(55-2)9-4-26)41(50)32-24-47(27-5-6-27)36-22-37(33(42)21-31(36)40(32)49)45-13-15-46(16-14-45)56(51,52)30-10-12-38-39(20-30)54-18-17-53-38/h3-4,7-12,19-22,24,27H,5-6,13-18,23H2,1-2H3,(H,43,44). The number of fused-ring (bicyclic) bond motifs is 3. The van der Waals surface area contributed by atoms with E-state index >= 15 is 4.39 Å². The van der Waals surface area contributed by atoms with Gasteiger partial charge >= 0.3 is 0 Å². The summed E-state index contributed by atoms with van der Waals surface area (Å²) in [7, 11) is -3.84. The number of carbonyl (C=O) groups excluding carboxylic acids is 1. The molecule has 2 aliphatic heterocycles. The van der Waals surface area contributed by atoms with Crippen molar-refractivity contribution in [2.45, 2.75) is 42.1 Å². The van der Waals surface area contributed by atoms with Crippen LogP contribution < -0.4 is 24.7 Å². The second-order valence-electron chi connectivity index (χ2n) is 14.3. The summed E-state index contributed by atoms with van der Waals surface area (Å²) in [5, 5.41) is 0.118. The molecule has 0 unspecified atom stereocenters. The third-order valence-corrected chi connectivity index (χ3v) is 13.3. The van der Waals surface area contributed by atoms with Crippen LogP contribution in [0.25, 0.3) is 21.9 Å². The van der Waals surface area contributed by atoms with Crippen molar-refractivity contribution < 1.29 is 27.1 Å². The molecule has 9 rings (SSSR count). The summed E-state index contributed by atoms with van der Waals surface area (Å²) in [6.07, 6.45) is 5.35. The summed E-state index contributed by atoms with van der Waals surface area (Å²) >= 11 is 1.62. The number of hydrogen-bond acceptors (Lipinski definition) is 9. The molecular weight excluding hydrogens is 756 g/mol. The maximum Gasteiger partial charge on any atom is 0.264 e. The number of thioether (sulfide) groups is 1. The minimum Gasteiger partial charge on any atom is -0.486 e. The number of aryl methyl sites for hydroxylation is 1. The number of halogens is 1. The first-order valence-corrected chi connectivity index (χ1v) is 21.2. The molecule has 0 radical (unpaired) electrons. The van der Waals surface area contributed by atoms with Crippen molar-refractivity contribution in [3.05, 3.63) is 112 Å². The van der Waals surface area contributed by atoms with E-state index in [0.717, 1.165) is 40.2 Å². The SMILES string of the molecule is CSc1ccc(CN(C(=O)c2cn(C3CC3)c3cc(N4CCN(S(=O)(=O)c5ccc6c(c5)OCCO6)CC4)c(F)cc3c2=O)c2ccc3nc(C)[nH]c3c2)cc1. The highest BCUT2D eigenvalue weighted by Crippen LogP contribution is 2.39. The number of carbonyl (C=O) groups is 1. The highest BCUT2D eigenvalue weighted by Gasteiger charge is 2.33. The molecule has 3 aliphatic rings. The number of imidazole rings is 1. The molecule has 12 nitrogen and oxygen atoms in total. The van der Waals surface area contributed by atoms with E-state index in [1.54, 1.807) is 35.0 Å². The zero-order valence-electron chi connectivity index (χ0n) is 30.8. The van der Waals surface area contributed by atoms with Gasteiger partial charge in [-0.05, 0) is 86.2 Å². The molecule has 4 aromatic carbocycles. The first-order valence-electron chi connectivity index (χ1n) is 18.5. The number of H-pyrrole nitrogens is 1. The molecule has 1 saturated heterocycles. The number of aromatic amines is 1. The smallest absolute Gasteiger partial charge is 0.264 e. The molecule has 6 aromatic rings. The van der Waals surface area contributed by atoms with Gasteiger partial charge in [-0.3, -0.25) is 9.59 Å². The second-order valence-corrected chi connectivity index (χ2v) is 17.1. The van der Waals surface area contributed by atoms with Crippen LogP contribution in [-0.2, 0) is 16.6 Å². The monoisotopic (exact) mass is 794 g/mol. The summed E-state index contributed by atoms with van der Waals surface area (Å²) in [4.78, 5) is 41.3. The van der Waals surface area contributed by atoms with Gasteiger partial charge in [-0.15, -0.1) is 11.8 Å². The molecule has 1 aliphatic carbocycles. The van der Waals surface area contributed by atoms with Crippen LogP contribution in [-0.4, -0.2) is 78.8 Å². The van der Waals surface area contributed by atoms with Gasteiger partial charge in [0.05, 0.1) is 33.7 Å². The second kappa shape index (κ2) is 14.3. The molecule has 56 heavy (non-hydrogen) atoms. The van der Waals surface area contributed by atoms with Gasteiger partial charge in [0.25, 0.3) is 5.91 Å². The Morgan fingerprint density at radius 1 is 0.964 bits per heavy atom. The number of ether oxygens (including phenoxy) is 2. The van der Waals surface area contributed by atoms with E-state index in [9.17, 15) is 18.0 Å². The highest BCUT2D eigenvalue weighted by molar-refractivity contribution is 7.98. The number of rotatable bonds is 9. The van der Waals surface area contributed by atoms with Crippen LogP contribution in [0.4, 0.5) is 15.8 Å². The van der Waals surface area contributed by atoms with E-state index in [4.69, 9.17) is 9.47 Å². The summed E-state index contributed by atoms with van der Waals surface area (Å²) in [6.45, 7) is 3.56. The number of aromatic nitrogens is 3. The maximum absolute atomic E-state index is 16.2. The van der Waals surface area contributed by atoms with Gasteiger partial charge in [0, 0.05) is 60.5 Å². The third kappa shape index (κ3) is 6.66. The fourth-order valence-corrected chi connectivity index (χ4v) is 9.39. The Kier molecular flexibility index (Phi) is 9.25. The van der Waals surface area contributed by atoms with Gasteiger partial charge in [0.2, 0.25) is 15.5 Å². The molecule has 15 heteroatoms. The van der Waals surface area contributed by atoms with Crippen LogP contribution in [0.2, 0.25) is 0 Å². The number of nitrogens with zero attached hydrogens (tertiary/aromatic N) is 5. The first kappa shape index (κ1) is 36.3. The Hall–Kier alpha value is -5.38. The Balaban J connectivity index is 1.03. The lowest BCUT2D eigenvalue weighted by Gasteiger charge is -2.35. The Bertz CT molecular complexity index is 2690. The number of benzene rings is 4. The normalized spacial score (nSPS) is 16.1. The molecule has 2 aromatic heterocycles. The van der Waals surface area contributed by atoms with Crippen molar-refractivity contribution in [1.82, 2.24) is 18.8 Å². The lowest BCUT2D eigenvalue weighted by Crippen LogP contribution is -2.49. The Morgan fingerprint density at radius 2 is 1.71 bits per heavy atom. The van der Waals surface area contributed by atoms with Gasteiger partial charge in [0.15, 0.2) is 11.5 Å². The molecule has 1 amide bonds. The number of nitrogens with one attached hydrogen (secondary N) is 1. The lowest BCUT2D eigenvalue weighted by molar-refractivity contribution is 0.0983. The minimum absolute atomic E-state index is 0.0452. The summed E-state index contributed by atoms with van der Waals surface area (Å²) in [5.41, 5.74) is 3.22. The fourth-order valence-electron chi connectivity index (χ4n) is 7.54. The van der Waals surface area contributed by atoms with E-state index in [1.165, 1.54) is 22.5 Å². The van der Waals surface area contributed by atoms with Crippen LogP contribution in [0.5, 0.6) is 11.5 Å². The lowest BCUT2D eigenvalue weighted by atomic mass is 10.1. The maximum atomic E-state index is 16.2. The van der Waals surface area contributed by atoms with Crippen molar-refractivity contribution in [1.29, 1.82) is 0 Å². The van der Waals surface area contributed by atoms with Gasteiger partial charge in [-0.1, -0.05) is 12.1 Å². The fraction of sp³-hybridized carbons (Fsp3) is 0.293. The van der Waals surface area contributed by atoms with E-state index in [1.807, 2.05) is 65.1 Å². The average molecular weight is 795 g/mol. The molecular formula is C41H39FN6O6S2. The van der Waals surface area contributed by atoms with Gasteiger partial charge in [-0.25, -0.2) is 17.8 Å². The Morgan fingerprint density at radius 3 is 2.45 bits per heavy atom. The molecule has 2 fully saturated rings. The van der Waals surface area contributed by atoms with Crippen molar-refractivity contribution in [3.63, 3.8) is 0 Å². The molecule has 1 saturated carbocycles. The molecule has 4 heterocycles. The topological polar surface area (TPSA) is 130 Å². The number of anilines is 2. The van der Waals surface area contributed by atoms with Crippen LogP contribution in [0, 0.1) is 12.7 Å². The number of sulfonamides is 1. The van der Waals surface area contributed by atoms with Crippen LogP contribution in [0.15, 0.2) is 93.6 Å². The Labute approximate surface area is 326 Å². The highest BCUT2D eigenvalue weighted by atomic mass is 32.2. The van der Waals surface area contributed by atoms with Crippen LogP contribution in [0.3, 0.4) is 0 Å². The zero-order valence-corrected chi connectivity index (χ0v) is 32.5. The van der Waals surface area contributed by atoms with Crippen molar-refractivity contribution in [2.24, 2.45) is 0 Å². The predicted octanol–water partition coefficient (Wildman–Crippen LogP) is 6.51. The number of hydrogen-bond donors (Lipinski definition) is 1. The summed E-state index contributed by atoms with van der Waals surface area (Å²) < 4.78 is 57.9. The van der Waals surface area contributed by atoms with E-state index in [2.05, 4.69) is 9.97 Å². The summed E-state index contributed by atoms with van der Waals surface area (Å²) in [5.74, 6) is 0.533. The molecule has 288 valence electrons. The summed E-state index contributed by atoms with van der Waals surface area (Å²) in [6, 6.07) is 21.0. The van der Waals surface area contributed by atoms with Crippen LogP contribution in [0.1, 0.15) is 40.6 Å². The van der Waals surface area contributed by atoms with E-state index < -0.39 is 27.2 Å². The molecule has 0 bridgehead atoms. The van der Waals surface area contributed by atoms with Gasteiger partial charge in [-0.2, -0.15) is 4.31 Å². The number of piperazine rings is 1. The van der Waals surface area contributed by atoms with Gasteiger partial charge in [0.1, 0.15) is 30.4 Å². The largest absolute Gasteiger partial charge is 0.486 e. The molecule has 0 atom stereocenters. The quantitative estimate of drug-likeness (QED) is 0.163. The van der Waals surface area contributed by atoms with Crippen LogP contribution >= 0.6 is 11.8 Å². The molecule has 0 spiro atoms. The molecule has 1 N–H and O–H groups in total. The predicted molar refractivity (Wildman–Crippen MR) is 214 cm³/mol. The van der Waals surface area contributed by atoms with Crippen molar-refractivity contribution in [3.8, 4) is 11.5 Å². The minimum atomic E-state index is -3.84. The average Bonchev–Trinajstić information content (AvgIpc) is 3.99. The van der Waals surface area contributed by atoms with Crippen molar-refractivity contribution >= 4 is 61.0 Å².